The van der Waals surface area contributed by atoms with Gasteiger partial charge in [-0.1, -0.05) is 6.08 Å². The molecule has 1 rings (SSSR count). The van der Waals surface area contributed by atoms with E-state index in [0.29, 0.717) is 19.6 Å². The van der Waals surface area contributed by atoms with Crippen LogP contribution in [0.1, 0.15) is 19.3 Å². The summed E-state index contributed by atoms with van der Waals surface area (Å²) >= 11 is 0. The van der Waals surface area contributed by atoms with Gasteiger partial charge >= 0.3 is 0 Å². The lowest BCUT2D eigenvalue weighted by molar-refractivity contribution is 0.0577. The van der Waals surface area contributed by atoms with E-state index in [1.165, 1.54) is 0 Å². The van der Waals surface area contributed by atoms with Crippen molar-refractivity contribution in [1.82, 2.24) is 10.0 Å². The summed E-state index contributed by atoms with van der Waals surface area (Å²) in [5, 5.41) is 3.28. The Hall–Kier alpha value is -0.430. The first-order valence-electron chi connectivity index (χ1n) is 6.31. The predicted octanol–water partition coefficient (Wildman–Crippen LogP) is 0.498. The highest BCUT2D eigenvalue weighted by atomic mass is 32.2. The number of nitrogens with one attached hydrogen (secondary N) is 2. The van der Waals surface area contributed by atoms with Crippen LogP contribution in [0.2, 0.25) is 0 Å². The Labute approximate surface area is 110 Å². The van der Waals surface area contributed by atoms with Gasteiger partial charge in [-0.2, -0.15) is 0 Å². The maximum Gasteiger partial charge on any atom is 0.211 e. The van der Waals surface area contributed by atoms with Gasteiger partial charge in [0, 0.05) is 19.1 Å². The van der Waals surface area contributed by atoms with Crippen LogP contribution in [0.15, 0.2) is 12.7 Å². The molecule has 0 aromatic carbocycles. The Kier molecular flexibility index (Phi) is 6.28. The van der Waals surface area contributed by atoms with E-state index in [1.54, 1.807) is 13.2 Å². The number of piperidine rings is 1. The zero-order valence-electron chi connectivity index (χ0n) is 11.1. The lowest BCUT2D eigenvalue weighted by atomic mass is 9.80. The molecule has 0 unspecified atom stereocenters. The number of hydrogen-bond acceptors (Lipinski definition) is 4. The van der Waals surface area contributed by atoms with E-state index in [1.807, 2.05) is 0 Å². The maximum absolute atomic E-state index is 11.8. The second kappa shape index (κ2) is 7.23. The van der Waals surface area contributed by atoms with E-state index in [2.05, 4.69) is 16.6 Å². The van der Waals surface area contributed by atoms with Gasteiger partial charge in [0.25, 0.3) is 0 Å². The highest BCUT2D eigenvalue weighted by Gasteiger charge is 2.33. The fourth-order valence-electron chi connectivity index (χ4n) is 2.21. The second-order valence-electron chi connectivity index (χ2n) is 4.90. The van der Waals surface area contributed by atoms with Crippen molar-refractivity contribution in [2.75, 3.05) is 39.1 Å². The van der Waals surface area contributed by atoms with E-state index in [9.17, 15) is 8.42 Å². The standard InChI is InChI=1S/C12H24N2O3S/c1-3-4-9-18(15,16)14-10-12(11-17-2)5-7-13-8-6-12/h3,13-14H,1,4-11H2,2H3. The zero-order chi connectivity index (χ0) is 13.5. The minimum absolute atomic E-state index is 0.0682. The molecule has 5 nitrogen and oxygen atoms in total. The third kappa shape index (κ3) is 5.06. The molecule has 6 heteroatoms. The quantitative estimate of drug-likeness (QED) is 0.634. The Balaban J connectivity index is 2.53. The molecule has 0 spiro atoms. The highest BCUT2D eigenvalue weighted by molar-refractivity contribution is 7.89. The summed E-state index contributed by atoms with van der Waals surface area (Å²) in [5.41, 5.74) is -0.0682. The summed E-state index contributed by atoms with van der Waals surface area (Å²) in [6.07, 6.45) is 3.97. The molecule has 0 atom stereocenters. The van der Waals surface area contributed by atoms with E-state index < -0.39 is 10.0 Å². The topological polar surface area (TPSA) is 67.4 Å². The molecule has 1 aliphatic rings. The molecule has 1 saturated heterocycles. The van der Waals surface area contributed by atoms with Crippen LogP contribution in [-0.4, -0.2) is 47.5 Å². The van der Waals surface area contributed by atoms with Crippen LogP contribution in [0.3, 0.4) is 0 Å². The molecular weight excluding hydrogens is 252 g/mol. The van der Waals surface area contributed by atoms with Crippen molar-refractivity contribution in [2.45, 2.75) is 19.3 Å². The van der Waals surface area contributed by atoms with E-state index in [-0.39, 0.29) is 11.2 Å². The molecule has 0 amide bonds. The summed E-state index contributed by atoms with van der Waals surface area (Å²) in [7, 11) is -1.53. The molecule has 0 saturated carbocycles. The van der Waals surface area contributed by atoms with Crippen LogP contribution in [0.25, 0.3) is 0 Å². The summed E-state index contributed by atoms with van der Waals surface area (Å²) in [6, 6.07) is 0. The Morgan fingerprint density at radius 2 is 2.11 bits per heavy atom. The number of sulfonamides is 1. The summed E-state index contributed by atoms with van der Waals surface area (Å²) in [6.45, 7) is 6.42. The van der Waals surface area contributed by atoms with Crippen LogP contribution in [0.4, 0.5) is 0 Å². The summed E-state index contributed by atoms with van der Waals surface area (Å²) < 4.78 is 31.5. The molecule has 1 fully saturated rings. The molecule has 18 heavy (non-hydrogen) atoms. The first-order chi connectivity index (χ1) is 8.54. The zero-order valence-corrected chi connectivity index (χ0v) is 11.9. The van der Waals surface area contributed by atoms with Crippen molar-refractivity contribution < 1.29 is 13.2 Å². The fourth-order valence-corrected chi connectivity index (χ4v) is 3.36. The van der Waals surface area contributed by atoms with E-state index in [0.717, 1.165) is 25.9 Å². The Morgan fingerprint density at radius 3 is 2.67 bits per heavy atom. The minimum atomic E-state index is -3.20. The van der Waals surface area contributed by atoms with Crippen molar-refractivity contribution in [3.8, 4) is 0 Å². The summed E-state index contributed by atoms with van der Waals surface area (Å²) in [4.78, 5) is 0. The first kappa shape index (κ1) is 15.6. The van der Waals surface area contributed by atoms with Gasteiger partial charge in [-0.15, -0.1) is 6.58 Å². The van der Waals surface area contributed by atoms with Gasteiger partial charge in [-0.3, -0.25) is 0 Å². The van der Waals surface area contributed by atoms with Gasteiger partial charge in [0.15, 0.2) is 0 Å². The fraction of sp³-hybridized carbons (Fsp3) is 0.833. The molecule has 1 heterocycles. The third-order valence-corrected chi connectivity index (χ3v) is 4.73. The van der Waals surface area contributed by atoms with Crippen LogP contribution in [0.5, 0.6) is 0 Å². The van der Waals surface area contributed by atoms with Crippen molar-refractivity contribution in [2.24, 2.45) is 5.41 Å². The first-order valence-corrected chi connectivity index (χ1v) is 7.97. The SMILES string of the molecule is C=CCCS(=O)(=O)NCC1(COC)CCNCC1. The average Bonchev–Trinajstić information content (AvgIpc) is 2.36. The molecule has 106 valence electrons. The molecule has 2 N–H and O–H groups in total. The van der Waals surface area contributed by atoms with Crippen molar-refractivity contribution in [3.63, 3.8) is 0 Å². The number of ether oxygens (including phenoxy) is 1. The predicted molar refractivity (Wildman–Crippen MR) is 73.0 cm³/mol. The van der Waals surface area contributed by atoms with Crippen LogP contribution < -0.4 is 10.0 Å². The van der Waals surface area contributed by atoms with Gasteiger partial charge in [-0.05, 0) is 32.4 Å². The molecule has 0 aromatic rings. The van der Waals surface area contributed by atoms with Crippen LogP contribution in [-0.2, 0) is 14.8 Å². The smallest absolute Gasteiger partial charge is 0.211 e. The molecule has 0 aliphatic carbocycles. The highest BCUT2D eigenvalue weighted by Crippen LogP contribution is 2.28. The van der Waals surface area contributed by atoms with Crippen LogP contribution >= 0.6 is 0 Å². The monoisotopic (exact) mass is 276 g/mol. The van der Waals surface area contributed by atoms with E-state index >= 15 is 0 Å². The lowest BCUT2D eigenvalue weighted by Crippen LogP contribution is -2.47. The maximum atomic E-state index is 11.8. The summed E-state index contributed by atoms with van der Waals surface area (Å²) in [5.74, 6) is 0.109. The van der Waals surface area contributed by atoms with Gasteiger partial charge < -0.3 is 10.1 Å². The van der Waals surface area contributed by atoms with Crippen LogP contribution in [0, 0.1) is 5.41 Å². The second-order valence-corrected chi connectivity index (χ2v) is 6.83. The number of methoxy groups -OCH3 is 1. The van der Waals surface area contributed by atoms with Crippen molar-refractivity contribution in [1.29, 1.82) is 0 Å². The Morgan fingerprint density at radius 1 is 1.44 bits per heavy atom. The van der Waals surface area contributed by atoms with Crippen molar-refractivity contribution >= 4 is 10.0 Å². The minimum Gasteiger partial charge on any atom is -0.384 e. The number of allylic oxidation sites excluding steroid dienone is 1. The average molecular weight is 276 g/mol. The number of hydrogen-bond donors (Lipinski definition) is 2. The van der Waals surface area contributed by atoms with Gasteiger partial charge in [0.05, 0.1) is 12.4 Å². The third-order valence-electron chi connectivity index (χ3n) is 3.37. The van der Waals surface area contributed by atoms with E-state index in [4.69, 9.17) is 4.74 Å². The van der Waals surface area contributed by atoms with Gasteiger partial charge in [0.2, 0.25) is 10.0 Å². The normalized spacial score (nSPS) is 19.6. The molecule has 0 aromatic heterocycles. The van der Waals surface area contributed by atoms with Gasteiger partial charge in [-0.25, -0.2) is 13.1 Å². The largest absolute Gasteiger partial charge is 0.384 e. The number of rotatable bonds is 8. The molecule has 0 bridgehead atoms. The lowest BCUT2D eigenvalue weighted by Gasteiger charge is -2.37. The Bertz CT molecular complexity index is 343. The van der Waals surface area contributed by atoms with Crippen molar-refractivity contribution in [3.05, 3.63) is 12.7 Å². The molecular formula is C12H24N2O3S. The molecule has 1 aliphatic heterocycles. The molecule has 0 radical (unpaired) electrons. The van der Waals surface area contributed by atoms with Gasteiger partial charge in [0.1, 0.15) is 0 Å².